The van der Waals surface area contributed by atoms with Gasteiger partial charge in [-0.3, -0.25) is 9.59 Å². The van der Waals surface area contributed by atoms with Crippen LogP contribution in [0, 0.1) is 22.7 Å². The first-order valence-electron chi connectivity index (χ1n) is 6.96. The van der Waals surface area contributed by atoms with E-state index in [2.05, 4.69) is 0 Å². The molecule has 0 heterocycles. The average Bonchev–Trinajstić information content (AvgIpc) is 2.56. The standard InChI is InChI=1S/C15H14N2O6S2/c1-2-14(24-11(15(20)21)6-13(18)19)25(22,23)12-5-3-4-9(7-16)10(12)8-17/h3-5,11,14H,2,6H2,1H3,(H,18,19)(H,20,21). The minimum Gasteiger partial charge on any atom is -0.481 e. The van der Waals surface area contributed by atoms with Crippen LogP contribution in [-0.4, -0.2) is 40.4 Å². The van der Waals surface area contributed by atoms with Crippen LogP contribution in [0.3, 0.4) is 0 Å². The van der Waals surface area contributed by atoms with Crippen molar-refractivity contribution in [2.24, 2.45) is 0 Å². The second-order valence-corrected chi connectivity index (χ2v) is 8.65. The summed E-state index contributed by atoms with van der Waals surface area (Å²) in [5.41, 5.74) is -0.419. The van der Waals surface area contributed by atoms with Gasteiger partial charge in [-0.1, -0.05) is 13.0 Å². The Hall–Kier alpha value is -2.56. The molecule has 0 saturated heterocycles. The smallest absolute Gasteiger partial charge is 0.317 e. The van der Waals surface area contributed by atoms with Gasteiger partial charge in [0.2, 0.25) is 0 Å². The highest BCUT2D eigenvalue weighted by Crippen LogP contribution is 2.33. The van der Waals surface area contributed by atoms with E-state index in [1.165, 1.54) is 25.1 Å². The number of carboxylic acids is 2. The van der Waals surface area contributed by atoms with E-state index in [1.807, 2.05) is 0 Å². The van der Waals surface area contributed by atoms with Crippen LogP contribution >= 0.6 is 11.8 Å². The van der Waals surface area contributed by atoms with Crippen LogP contribution < -0.4 is 0 Å². The van der Waals surface area contributed by atoms with Crippen LogP contribution in [0.1, 0.15) is 30.9 Å². The van der Waals surface area contributed by atoms with Crippen molar-refractivity contribution in [2.75, 3.05) is 0 Å². The van der Waals surface area contributed by atoms with E-state index < -0.39 is 38.0 Å². The van der Waals surface area contributed by atoms with E-state index in [4.69, 9.17) is 15.5 Å². The van der Waals surface area contributed by atoms with Gasteiger partial charge in [-0.25, -0.2) is 8.42 Å². The third-order valence-electron chi connectivity index (χ3n) is 3.20. The molecule has 1 aromatic rings. The Morgan fingerprint density at radius 1 is 1.24 bits per heavy atom. The van der Waals surface area contributed by atoms with Crippen molar-refractivity contribution in [3.63, 3.8) is 0 Å². The predicted octanol–water partition coefficient (Wildman–Crippen LogP) is 1.60. The molecule has 8 nitrogen and oxygen atoms in total. The van der Waals surface area contributed by atoms with Gasteiger partial charge in [-0.05, 0) is 18.6 Å². The molecule has 0 aliphatic heterocycles. The van der Waals surface area contributed by atoms with Gasteiger partial charge in [0.05, 0.1) is 22.4 Å². The van der Waals surface area contributed by atoms with E-state index in [0.29, 0.717) is 11.8 Å². The molecular formula is C15H14N2O6S2. The quantitative estimate of drug-likeness (QED) is 0.681. The molecule has 132 valence electrons. The second kappa shape index (κ2) is 8.51. The van der Waals surface area contributed by atoms with Crippen molar-refractivity contribution in [1.29, 1.82) is 10.5 Å². The minimum atomic E-state index is -4.16. The van der Waals surface area contributed by atoms with Crippen molar-refractivity contribution in [2.45, 2.75) is 34.5 Å². The van der Waals surface area contributed by atoms with Crippen molar-refractivity contribution < 1.29 is 28.2 Å². The zero-order valence-corrected chi connectivity index (χ0v) is 14.7. The average molecular weight is 382 g/mol. The minimum absolute atomic E-state index is 0.00194. The topological polar surface area (TPSA) is 156 Å². The maximum Gasteiger partial charge on any atom is 0.317 e. The summed E-state index contributed by atoms with van der Waals surface area (Å²) in [6.45, 7) is 1.51. The summed E-state index contributed by atoms with van der Waals surface area (Å²) < 4.78 is 24.4. The maximum absolute atomic E-state index is 12.8. The van der Waals surface area contributed by atoms with Crippen molar-refractivity contribution in [3.8, 4) is 12.1 Å². The molecule has 25 heavy (non-hydrogen) atoms. The Bertz CT molecular complexity index is 867. The molecule has 2 N–H and O–H groups in total. The van der Waals surface area contributed by atoms with E-state index in [0.717, 1.165) is 0 Å². The molecule has 0 amide bonds. The van der Waals surface area contributed by atoms with Gasteiger partial charge >= 0.3 is 11.9 Å². The Kier molecular flexibility index (Phi) is 6.97. The summed E-state index contributed by atoms with van der Waals surface area (Å²) in [5.74, 6) is -2.80. The number of hydrogen-bond donors (Lipinski definition) is 2. The number of hydrogen-bond acceptors (Lipinski definition) is 7. The lowest BCUT2D eigenvalue weighted by Gasteiger charge is -2.20. The molecule has 0 aliphatic carbocycles. The molecule has 0 spiro atoms. The second-order valence-electron chi connectivity index (χ2n) is 4.85. The molecule has 2 atom stereocenters. The molecule has 0 aliphatic rings. The molecule has 2 unspecified atom stereocenters. The molecule has 0 bridgehead atoms. The number of carboxylic acid groups (broad SMARTS) is 2. The normalized spacial score (nSPS) is 13.2. The van der Waals surface area contributed by atoms with Gasteiger partial charge in [0.25, 0.3) is 0 Å². The van der Waals surface area contributed by atoms with Crippen LogP contribution in [0.5, 0.6) is 0 Å². The predicted molar refractivity (Wildman–Crippen MR) is 88.4 cm³/mol. The lowest BCUT2D eigenvalue weighted by Crippen LogP contribution is -2.27. The van der Waals surface area contributed by atoms with Gasteiger partial charge < -0.3 is 10.2 Å². The first-order chi connectivity index (χ1) is 11.7. The van der Waals surface area contributed by atoms with Crippen LogP contribution in [0.2, 0.25) is 0 Å². The molecule has 1 rings (SSSR count). The number of thioether (sulfide) groups is 1. The largest absolute Gasteiger partial charge is 0.481 e. The first kappa shape index (κ1) is 20.5. The van der Waals surface area contributed by atoms with Crippen molar-refractivity contribution >= 4 is 33.5 Å². The zero-order valence-electron chi connectivity index (χ0n) is 13.0. The number of aliphatic carboxylic acids is 2. The fourth-order valence-electron chi connectivity index (χ4n) is 2.04. The summed E-state index contributed by atoms with van der Waals surface area (Å²) in [6, 6.07) is 7.21. The van der Waals surface area contributed by atoms with E-state index in [9.17, 15) is 23.3 Å². The molecular weight excluding hydrogens is 368 g/mol. The van der Waals surface area contributed by atoms with Crippen LogP contribution in [0.15, 0.2) is 23.1 Å². The molecule has 0 fully saturated rings. The Morgan fingerprint density at radius 2 is 1.88 bits per heavy atom. The van der Waals surface area contributed by atoms with Crippen molar-refractivity contribution in [1.82, 2.24) is 0 Å². The summed E-state index contributed by atoms with van der Waals surface area (Å²) in [4.78, 5) is 21.6. The number of carbonyl (C=O) groups is 2. The SMILES string of the molecule is CCC(SC(CC(=O)O)C(=O)O)S(=O)(=O)c1cccc(C#N)c1C#N. The molecule has 0 radical (unpaired) electrons. The molecule has 10 heteroatoms. The van der Waals surface area contributed by atoms with Crippen molar-refractivity contribution in [3.05, 3.63) is 29.3 Å². The summed E-state index contributed by atoms with van der Waals surface area (Å²) >= 11 is 0.500. The van der Waals surface area contributed by atoms with E-state index >= 15 is 0 Å². The van der Waals surface area contributed by atoms with Crippen LogP contribution in [-0.2, 0) is 19.4 Å². The lowest BCUT2D eigenvalue weighted by molar-refractivity contribution is -0.142. The van der Waals surface area contributed by atoms with E-state index in [-0.39, 0.29) is 22.4 Å². The molecule has 0 saturated carbocycles. The van der Waals surface area contributed by atoms with Crippen LogP contribution in [0.25, 0.3) is 0 Å². The summed E-state index contributed by atoms with van der Waals surface area (Å²) in [5, 5.41) is 34.6. The van der Waals surface area contributed by atoms with Gasteiger partial charge in [-0.2, -0.15) is 10.5 Å². The summed E-state index contributed by atoms with van der Waals surface area (Å²) in [6.07, 6.45) is -0.743. The number of benzene rings is 1. The van der Waals surface area contributed by atoms with Gasteiger partial charge in [0.1, 0.15) is 22.0 Å². The Morgan fingerprint density at radius 3 is 2.32 bits per heavy atom. The van der Waals surface area contributed by atoms with Gasteiger partial charge in [0, 0.05) is 0 Å². The van der Waals surface area contributed by atoms with Gasteiger partial charge in [-0.15, -0.1) is 11.8 Å². The van der Waals surface area contributed by atoms with Gasteiger partial charge in [0.15, 0.2) is 9.84 Å². The fraction of sp³-hybridized carbons (Fsp3) is 0.333. The lowest BCUT2D eigenvalue weighted by atomic mass is 10.1. The Labute approximate surface area is 148 Å². The third kappa shape index (κ3) is 4.72. The Balaban J connectivity index is 3.36. The summed E-state index contributed by atoms with van der Waals surface area (Å²) in [7, 11) is -4.16. The zero-order chi connectivity index (χ0) is 19.2. The molecule has 1 aromatic carbocycles. The highest BCUT2D eigenvalue weighted by Gasteiger charge is 2.35. The highest BCUT2D eigenvalue weighted by atomic mass is 32.3. The maximum atomic E-state index is 12.8. The highest BCUT2D eigenvalue weighted by molar-refractivity contribution is 8.14. The van der Waals surface area contributed by atoms with E-state index in [1.54, 1.807) is 12.1 Å². The first-order valence-corrected chi connectivity index (χ1v) is 9.45. The number of sulfone groups is 1. The monoisotopic (exact) mass is 382 g/mol. The number of nitriles is 2. The molecule has 0 aromatic heterocycles. The number of rotatable bonds is 8. The van der Waals surface area contributed by atoms with Crippen LogP contribution in [0.4, 0.5) is 0 Å². The number of nitrogens with zero attached hydrogens (tertiary/aromatic N) is 2. The fourth-order valence-corrected chi connectivity index (χ4v) is 5.69. The third-order valence-corrected chi connectivity index (χ3v) is 7.60.